The molecule has 0 bridgehead atoms. The average molecular weight is 375 g/mol. The molecule has 0 aromatic heterocycles. The summed E-state index contributed by atoms with van der Waals surface area (Å²) in [4.78, 5) is 24.2. The summed E-state index contributed by atoms with van der Waals surface area (Å²) in [5.74, 6) is -0.366. The van der Waals surface area contributed by atoms with Gasteiger partial charge in [-0.2, -0.15) is 5.10 Å². The number of nitrogens with one attached hydrogen (secondary N) is 2. The molecule has 1 heterocycles. The van der Waals surface area contributed by atoms with E-state index in [1.54, 1.807) is 24.3 Å². The van der Waals surface area contributed by atoms with Crippen molar-refractivity contribution in [3.05, 3.63) is 66.2 Å². The van der Waals surface area contributed by atoms with Crippen LogP contribution < -0.4 is 20.2 Å². The molecule has 3 aromatic rings. The minimum absolute atomic E-state index is 0.485. The predicted molar refractivity (Wildman–Crippen MR) is 106 cm³/mol. The molecule has 2 N–H and O–H groups in total. The van der Waals surface area contributed by atoms with Gasteiger partial charge in [-0.25, -0.2) is 5.43 Å². The van der Waals surface area contributed by atoms with Gasteiger partial charge >= 0.3 is 11.8 Å². The Bertz CT molecular complexity index is 1070. The van der Waals surface area contributed by atoms with Gasteiger partial charge in [-0.3, -0.25) is 9.59 Å². The van der Waals surface area contributed by atoms with Gasteiger partial charge in [-0.05, 0) is 35.2 Å². The number of carbonyl (C=O) groups is 2. The topological polar surface area (TPSA) is 89.0 Å². The highest BCUT2D eigenvalue weighted by molar-refractivity contribution is 6.40. The zero-order valence-corrected chi connectivity index (χ0v) is 14.8. The predicted octanol–water partition coefficient (Wildman–Crippen LogP) is 2.70. The molecule has 0 spiro atoms. The molecule has 0 atom stereocenters. The molecule has 2 amide bonds. The second kappa shape index (κ2) is 7.79. The Hall–Kier alpha value is -3.87. The number of amides is 2. The molecule has 0 saturated heterocycles. The summed E-state index contributed by atoms with van der Waals surface area (Å²) in [6.45, 7) is 1.00. The minimum atomic E-state index is -0.860. The van der Waals surface area contributed by atoms with E-state index in [4.69, 9.17) is 9.47 Å². The molecule has 140 valence electrons. The van der Waals surface area contributed by atoms with Crippen molar-refractivity contribution in [2.75, 3.05) is 18.5 Å². The van der Waals surface area contributed by atoms with Crippen molar-refractivity contribution in [1.82, 2.24) is 5.43 Å². The number of carbonyl (C=O) groups excluding carboxylic acids is 2. The first-order chi connectivity index (χ1) is 13.7. The number of benzene rings is 3. The summed E-state index contributed by atoms with van der Waals surface area (Å²) < 4.78 is 10.9. The van der Waals surface area contributed by atoms with E-state index in [0.717, 1.165) is 10.8 Å². The van der Waals surface area contributed by atoms with Crippen molar-refractivity contribution in [3.8, 4) is 11.5 Å². The fourth-order valence-electron chi connectivity index (χ4n) is 2.87. The second-order valence-electron chi connectivity index (χ2n) is 6.08. The summed E-state index contributed by atoms with van der Waals surface area (Å²) in [5, 5.41) is 8.27. The maximum Gasteiger partial charge on any atom is 0.329 e. The number of anilines is 1. The number of fused-ring (bicyclic) bond motifs is 2. The lowest BCUT2D eigenvalue weighted by molar-refractivity contribution is -0.136. The number of hydrazone groups is 1. The van der Waals surface area contributed by atoms with Crippen LogP contribution in [0, 0.1) is 0 Å². The summed E-state index contributed by atoms with van der Waals surface area (Å²) in [7, 11) is 0. The van der Waals surface area contributed by atoms with E-state index in [1.807, 2.05) is 36.4 Å². The van der Waals surface area contributed by atoms with Crippen LogP contribution >= 0.6 is 0 Å². The van der Waals surface area contributed by atoms with Gasteiger partial charge in [-0.15, -0.1) is 0 Å². The third kappa shape index (κ3) is 3.78. The van der Waals surface area contributed by atoms with E-state index in [-0.39, 0.29) is 0 Å². The SMILES string of the molecule is O=C(N/N=C/c1ccc2c(c1)OCCO2)C(=O)Nc1cccc2ccccc12. The first-order valence-electron chi connectivity index (χ1n) is 8.72. The van der Waals surface area contributed by atoms with Crippen LogP contribution in [0.2, 0.25) is 0 Å². The molecule has 7 nitrogen and oxygen atoms in total. The van der Waals surface area contributed by atoms with E-state index in [9.17, 15) is 9.59 Å². The van der Waals surface area contributed by atoms with Gasteiger partial charge in [0.25, 0.3) is 0 Å². The second-order valence-corrected chi connectivity index (χ2v) is 6.08. The van der Waals surface area contributed by atoms with Crippen molar-refractivity contribution in [2.45, 2.75) is 0 Å². The van der Waals surface area contributed by atoms with Crippen LogP contribution in [0.4, 0.5) is 5.69 Å². The summed E-state index contributed by atoms with van der Waals surface area (Å²) >= 11 is 0. The van der Waals surface area contributed by atoms with Crippen LogP contribution in [-0.2, 0) is 9.59 Å². The molecular formula is C21H17N3O4. The van der Waals surface area contributed by atoms with Gasteiger partial charge in [0.2, 0.25) is 0 Å². The Balaban J connectivity index is 1.39. The molecule has 0 fully saturated rings. The largest absolute Gasteiger partial charge is 0.486 e. The normalized spacial score (nSPS) is 12.7. The van der Waals surface area contributed by atoms with Crippen LogP contribution in [0.25, 0.3) is 10.8 Å². The highest BCUT2D eigenvalue weighted by Gasteiger charge is 2.14. The Morgan fingerprint density at radius 1 is 0.893 bits per heavy atom. The lowest BCUT2D eigenvalue weighted by Crippen LogP contribution is -2.32. The van der Waals surface area contributed by atoms with E-state index in [1.165, 1.54) is 6.21 Å². The van der Waals surface area contributed by atoms with E-state index >= 15 is 0 Å². The molecular weight excluding hydrogens is 358 g/mol. The van der Waals surface area contributed by atoms with Crippen molar-refractivity contribution in [2.24, 2.45) is 5.10 Å². The summed E-state index contributed by atoms with van der Waals surface area (Å²) in [5.41, 5.74) is 3.50. The first kappa shape index (κ1) is 17.5. The monoisotopic (exact) mass is 375 g/mol. The minimum Gasteiger partial charge on any atom is -0.486 e. The van der Waals surface area contributed by atoms with Gasteiger partial charge in [-0.1, -0.05) is 36.4 Å². The first-order valence-corrected chi connectivity index (χ1v) is 8.72. The quantitative estimate of drug-likeness (QED) is 0.418. The lowest BCUT2D eigenvalue weighted by atomic mass is 10.1. The molecule has 7 heteroatoms. The van der Waals surface area contributed by atoms with Gasteiger partial charge in [0.05, 0.1) is 6.21 Å². The molecule has 1 aliphatic rings. The van der Waals surface area contributed by atoms with Gasteiger partial charge in [0.15, 0.2) is 11.5 Å². The molecule has 0 radical (unpaired) electrons. The molecule has 4 rings (SSSR count). The summed E-state index contributed by atoms with van der Waals surface area (Å²) in [6.07, 6.45) is 1.43. The fourth-order valence-corrected chi connectivity index (χ4v) is 2.87. The van der Waals surface area contributed by atoms with Crippen LogP contribution in [0.15, 0.2) is 65.8 Å². The third-order valence-electron chi connectivity index (χ3n) is 4.19. The zero-order chi connectivity index (χ0) is 19.3. The molecule has 3 aromatic carbocycles. The van der Waals surface area contributed by atoms with Gasteiger partial charge in [0, 0.05) is 11.1 Å². The summed E-state index contributed by atoms with van der Waals surface area (Å²) in [6, 6.07) is 18.4. The van der Waals surface area contributed by atoms with Crippen molar-refractivity contribution in [1.29, 1.82) is 0 Å². The lowest BCUT2D eigenvalue weighted by Gasteiger charge is -2.18. The maximum absolute atomic E-state index is 12.2. The zero-order valence-electron chi connectivity index (χ0n) is 14.8. The third-order valence-corrected chi connectivity index (χ3v) is 4.19. The number of hydrogen-bond acceptors (Lipinski definition) is 5. The fraction of sp³-hybridized carbons (Fsp3) is 0.0952. The van der Waals surface area contributed by atoms with Crippen LogP contribution in [0.5, 0.6) is 11.5 Å². The maximum atomic E-state index is 12.2. The Labute approximate surface area is 161 Å². The average Bonchev–Trinajstić information content (AvgIpc) is 2.74. The number of nitrogens with zero attached hydrogens (tertiary/aromatic N) is 1. The van der Waals surface area contributed by atoms with Gasteiger partial charge in [0.1, 0.15) is 13.2 Å². The van der Waals surface area contributed by atoms with Crippen molar-refractivity contribution in [3.63, 3.8) is 0 Å². The van der Waals surface area contributed by atoms with Crippen molar-refractivity contribution >= 4 is 34.5 Å². The Morgan fingerprint density at radius 2 is 1.68 bits per heavy atom. The van der Waals surface area contributed by atoms with Crippen molar-refractivity contribution < 1.29 is 19.1 Å². The highest BCUT2D eigenvalue weighted by atomic mass is 16.6. The van der Waals surface area contributed by atoms with Crippen LogP contribution in [-0.4, -0.2) is 31.2 Å². The van der Waals surface area contributed by atoms with Crippen LogP contribution in [0.1, 0.15) is 5.56 Å². The standard InChI is InChI=1S/C21H17N3O4/c25-20(23-17-7-3-5-15-4-1-2-6-16(15)17)21(26)24-22-13-14-8-9-18-19(12-14)28-11-10-27-18/h1-9,12-13H,10-11H2,(H,23,25)(H,24,26)/b22-13+. The van der Waals surface area contributed by atoms with E-state index in [0.29, 0.717) is 36.0 Å². The van der Waals surface area contributed by atoms with E-state index < -0.39 is 11.8 Å². The number of ether oxygens (including phenoxy) is 2. The molecule has 0 aliphatic carbocycles. The Kier molecular flexibility index (Phi) is 4.88. The highest BCUT2D eigenvalue weighted by Crippen LogP contribution is 2.30. The molecule has 0 unspecified atom stereocenters. The molecule has 28 heavy (non-hydrogen) atoms. The van der Waals surface area contributed by atoms with Gasteiger partial charge < -0.3 is 14.8 Å². The van der Waals surface area contributed by atoms with Crippen LogP contribution in [0.3, 0.4) is 0 Å². The Morgan fingerprint density at radius 3 is 2.57 bits per heavy atom. The smallest absolute Gasteiger partial charge is 0.329 e. The van der Waals surface area contributed by atoms with E-state index in [2.05, 4.69) is 15.8 Å². The number of rotatable bonds is 3. The number of hydrogen-bond donors (Lipinski definition) is 2. The molecule has 0 saturated carbocycles. The molecule has 1 aliphatic heterocycles.